The Labute approximate surface area is 179 Å². The van der Waals surface area contributed by atoms with E-state index in [0.717, 1.165) is 56.1 Å². The zero-order valence-corrected chi connectivity index (χ0v) is 18.7. The predicted octanol–water partition coefficient (Wildman–Crippen LogP) is 1.19. The number of guanidine groups is 1. The summed E-state index contributed by atoms with van der Waals surface area (Å²) in [6, 6.07) is 7.68. The molecule has 1 fully saturated rings. The maximum atomic E-state index is 12.9. The van der Waals surface area contributed by atoms with Crippen LogP contribution in [-0.4, -0.2) is 70.7 Å². The number of fused-ring (bicyclic) bond motifs is 1. The van der Waals surface area contributed by atoms with Crippen LogP contribution in [-0.2, 0) is 21.2 Å². The monoisotopic (exact) mass is 435 g/mol. The SMILES string of the molecule is CCNC(=NCCS(=O)(=O)N1CCc2ccccc21)N1CCC(CC(=O)NC)CC1. The number of carbonyl (C=O) groups excluding carboxylic acids is 1. The van der Waals surface area contributed by atoms with E-state index in [0.29, 0.717) is 18.9 Å². The van der Waals surface area contributed by atoms with Gasteiger partial charge in [0.25, 0.3) is 0 Å². The van der Waals surface area contributed by atoms with E-state index in [2.05, 4.69) is 20.5 Å². The first-order valence-corrected chi connectivity index (χ1v) is 12.4. The number of rotatable bonds is 7. The lowest BCUT2D eigenvalue weighted by Gasteiger charge is -2.34. The molecule has 1 amide bonds. The summed E-state index contributed by atoms with van der Waals surface area (Å²) in [4.78, 5) is 18.4. The average Bonchev–Trinajstić information content (AvgIpc) is 3.19. The van der Waals surface area contributed by atoms with E-state index >= 15 is 0 Å². The van der Waals surface area contributed by atoms with Crippen LogP contribution in [0, 0.1) is 5.92 Å². The highest BCUT2D eigenvalue weighted by Crippen LogP contribution is 2.30. The Hall–Kier alpha value is -2.29. The summed E-state index contributed by atoms with van der Waals surface area (Å²) in [7, 11) is -1.74. The van der Waals surface area contributed by atoms with Gasteiger partial charge in [-0.15, -0.1) is 0 Å². The number of piperidine rings is 1. The number of sulfonamides is 1. The molecule has 0 unspecified atom stereocenters. The minimum absolute atomic E-state index is 0.0106. The maximum absolute atomic E-state index is 12.9. The topological polar surface area (TPSA) is 94.1 Å². The van der Waals surface area contributed by atoms with Gasteiger partial charge in [-0.1, -0.05) is 18.2 Å². The lowest BCUT2D eigenvalue weighted by molar-refractivity contribution is -0.121. The molecule has 9 heteroatoms. The second kappa shape index (κ2) is 10.1. The minimum atomic E-state index is -3.40. The molecule has 0 bridgehead atoms. The number of hydrogen-bond acceptors (Lipinski definition) is 4. The normalized spacial score (nSPS) is 17.7. The van der Waals surface area contributed by atoms with E-state index in [1.807, 2.05) is 31.2 Å². The molecule has 2 aliphatic heterocycles. The van der Waals surface area contributed by atoms with Crippen molar-refractivity contribution in [2.45, 2.75) is 32.6 Å². The molecule has 0 atom stereocenters. The third kappa shape index (κ3) is 5.44. The van der Waals surface area contributed by atoms with Crippen LogP contribution < -0.4 is 14.9 Å². The van der Waals surface area contributed by atoms with Gasteiger partial charge in [0.1, 0.15) is 0 Å². The minimum Gasteiger partial charge on any atom is -0.359 e. The molecule has 1 aromatic carbocycles. The Morgan fingerprint density at radius 3 is 2.63 bits per heavy atom. The van der Waals surface area contributed by atoms with E-state index in [4.69, 9.17) is 0 Å². The number of nitrogens with one attached hydrogen (secondary N) is 2. The van der Waals surface area contributed by atoms with Crippen molar-refractivity contribution in [2.24, 2.45) is 10.9 Å². The number of anilines is 1. The molecule has 166 valence electrons. The fraction of sp³-hybridized carbons (Fsp3) is 0.619. The van der Waals surface area contributed by atoms with Gasteiger partial charge in [-0.3, -0.25) is 14.1 Å². The van der Waals surface area contributed by atoms with Crippen molar-refractivity contribution >= 4 is 27.6 Å². The van der Waals surface area contributed by atoms with Gasteiger partial charge >= 0.3 is 0 Å². The Morgan fingerprint density at radius 2 is 1.93 bits per heavy atom. The molecule has 0 aliphatic carbocycles. The van der Waals surface area contributed by atoms with E-state index in [-0.39, 0.29) is 18.2 Å². The molecule has 2 heterocycles. The van der Waals surface area contributed by atoms with Crippen molar-refractivity contribution in [3.63, 3.8) is 0 Å². The number of para-hydroxylation sites is 1. The third-order valence-corrected chi connectivity index (χ3v) is 7.54. The van der Waals surface area contributed by atoms with Gasteiger partial charge in [0.2, 0.25) is 15.9 Å². The van der Waals surface area contributed by atoms with Crippen LogP contribution in [0.4, 0.5) is 5.69 Å². The number of nitrogens with zero attached hydrogens (tertiary/aromatic N) is 3. The maximum Gasteiger partial charge on any atom is 0.237 e. The molecule has 0 aromatic heterocycles. The molecule has 30 heavy (non-hydrogen) atoms. The summed E-state index contributed by atoms with van der Waals surface area (Å²) in [5.74, 6) is 1.22. The quantitative estimate of drug-likeness (QED) is 0.496. The number of hydrogen-bond donors (Lipinski definition) is 2. The largest absolute Gasteiger partial charge is 0.359 e. The fourth-order valence-corrected chi connectivity index (χ4v) is 5.50. The number of benzene rings is 1. The molecular formula is C21H33N5O3S. The first-order chi connectivity index (χ1) is 14.4. The van der Waals surface area contributed by atoms with Crippen molar-refractivity contribution in [3.05, 3.63) is 29.8 Å². The highest BCUT2D eigenvalue weighted by Gasteiger charge is 2.29. The molecular weight excluding hydrogens is 402 g/mol. The standard InChI is InChI=1S/C21H33N5O3S/c1-3-23-21(25-12-8-17(9-13-25)16-20(27)22-2)24-11-15-30(28,29)26-14-10-18-6-4-5-7-19(18)26/h4-7,17H,3,8-16H2,1-2H3,(H,22,27)(H,23,24). The molecule has 3 rings (SSSR count). The van der Waals surface area contributed by atoms with E-state index in [1.54, 1.807) is 7.05 Å². The second-order valence-corrected chi connectivity index (χ2v) is 9.82. The van der Waals surface area contributed by atoms with Crippen LogP contribution in [0.1, 0.15) is 31.7 Å². The van der Waals surface area contributed by atoms with Crippen LogP contribution in [0.3, 0.4) is 0 Å². The Bertz CT molecular complexity index is 863. The first kappa shape index (κ1) is 22.4. The average molecular weight is 436 g/mol. The second-order valence-electron chi connectivity index (χ2n) is 7.81. The molecule has 2 N–H and O–H groups in total. The lowest BCUT2D eigenvalue weighted by Crippen LogP contribution is -2.46. The van der Waals surface area contributed by atoms with Crippen LogP contribution in [0.5, 0.6) is 0 Å². The highest BCUT2D eigenvalue weighted by atomic mass is 32.2. The number of aliphatic imine (C=N–C) groups is 1. The number of likely N-dealkylation sites (tertiary alicyclic amines) is 1. The van der Waals surface area contributed by atoms with E-state index in [1.165, 1.54) is 4.31 Å². The van der Waals surface area contributed by atoms with Crippen LogP contribution >= 0.6 is 0 Å². The van der Waals surface area contributed by atoms with Gasteiger partial charge in [0.05, 0.1) is 18.0 Å². The van der Waals surface area contributed by atoms with Crippen molar-refractivity contribution in [3.8, 4) is 0 Å². The summed E-state index contributed by atoms with van der Waals surface area (Å²) in [6.45, 7) is 5.10. The smallest absolute Gasteiger partial charge is 0.237 e. The fourth-order valence-electron chi connectivity index (χ4n) is 4.11. The summed E-state index contributed by atoms with van der Waals surface area (Å²) in [5.41, 5.74) is 1.88. The summed E-state index contributed by atoms with van der Waals surface area (Å²) < 4.78 is 27.3. The van der Waals surface area contributed by atoms with Gasteiger partial charge in [-0.05, 0) is 43.7 Å². The molecule has 2 aliphatic rings. The van der Waals surface area contributed by atoms with Crippen LogP contribution in [0.15, 0.2) is 29.3 Å². The Kier molecular flexibility index (Phi) is 7.58. The first-order valence-electron chi connectivity index (χ1n) is 10.8. The molecule has 0 radical (unpaired) electrons. The van der Waals surface area contributed by atoms with Crippen molar-refractivity contribution in [1.29, 1.82) is 0 Å². The van der Waals surface area contributed by atoms with E-state index < -0.39 is 10.0 Å². The van der Waals surface area contributed by atoms with Gasteiger partial charge < -0.3 is 15.5 Å². The predicted molar refractivity (Wildman–Crippen MR) is 120 cm³/mol. The van der Waals surface area contributed by atoms with Crippen LogP contribution in [0.25, 0.3) is 0 Å². The number of amides is 1. The molecule has 0 spiro atoms. The zero-order chi connectivity index (χ0) is 21.6. The summed E-state index contributed by atoms with van der Waals surface area (Å²) >= 11 is 0. The lowest BCUT2D eigenvalue weighted by atomic mass is 9.93. The van der Waals surface area contributed by atoms with Crippen LogP contribution in [0.2, 0.25) is 0 Å². The molecule has 1 aromatic rings. The summed E-state index contributed by atoms with van der Waals surface area (Å²) in [6.07, 6.45) is 3.18. The van der Waals surface area contributed by atoms with Crippen molar-refractivity contribution < 1.29 is 13.2 Å². The zero-order valence-electron chi connectivity index (χ0n) is 17.9. The van der Waals surface area contributed by atoms with E-state index in [9.17, 15) is 13.2 Å². The van der Waals surface area contributed by atoms with Gasteiger partial charge in [0, 0.05) is 39.6 Å². The molecule has 0 saturated carbocycles. The van der Waals surface area contributed by atoms with Gasteiger partial charge in [-0.2, -0.15) is 0 Å². The highest BCUT2D eigenvalue weighted by molar-refractivity contribution is 7.92. The Morgan fingerprint density at radius 1 is 1.20 bits per heavy atom. The third-order valence-electron chi connectivity index (χ3n) is 5.79. The van der Waals surface area contributed by atoms with Crippen molar-refractivity contribution in [1.82, 2.24) is 15.5 Å². The van der Waals surface area contributed by atoms with Gasteiger partial charge in [0.15, 0.2) is 5.96 Å². The molecule has 8 nitrogen and oxygen atoms in total. The Balaban J connectivity index is 1.57. The van der Waals surface area contributed by atoms with Gasteiger partial charge in [-0.25, -0.2) is 8.42 Å². The van der Waals surface area contributed by atoms with Crippen molar-refractivity contribution in [2.75, 3.05) is 49.8 Å². The number of carbonyl (C=O) groups is 1. The molecule has 1 saturated heterocycles. The summed E-state index contributed by atoms with van der Waals surface area (Å²) in [5, 5.41) is 5.97.